The number of methoxy groups -OCH3 is 1. The molecular weight excluding hydrogens is 280 g/mol. The van der Waals surface area contributed by atoms with Crippen molar-refractivity contribution in [2.45, 2.75) is 0 Å². The molecule has 1 aromatic carbocycles. The van der Waals surface area contributed by atoms with Gasteiger partial charge >= 0.3 is 0 Å². The third-order valence-corrected chi connectivity index (χ3v) is 2.93. The minimum Gasteiger partial charge on any atom is -0.497 e. The summed E-state index contributed by atoms with van der Waals surface area (Å²) in [6.07, 6.45) is 1.78. The maximum absolute atomic E-state index is 5.24. The molecule has 0 amide bonds. The number of pyridine rings is 1. The van der Waals surface area contributed by atoms with Gasteiger partial charge in [0.05, 0.1) is 7.11 Å². The number of ether oxygens (including phenoxy) is 1. The van der Waals surface area contributed by atoms with Crippen LogP contribution in [0.2, 0.25) is 0 Å². The third kappa shape index (κ3) is 2.77. The Morgan fingerprint density at radius 1 is 1.24 bits per heavy atom. The first kappa shape index (κ1) is 11.9. The molecule has 0 bridgehead atoms. The second-order valence-corrected chi connectivity index (χ2v) is 4.51. The smallest absolute Gasteiger partial charge is 0.132 e. The van der Waals surface area contributed by atoms with Gasteiger partial charge in [0, 0.05) is 29.5 Å². The van der Waals surface area contributed by atoms with Gasteiger partial charge in [-0.05, 0) is 24.3 Å². The Bertz CT molecular complexity index is 502. The monoisotopic (exact) mass is 292 g/mol. The average Bonchev–Trinajstić information content (AvgIpc) is 2.38. The van der Waals surface area contributed by atoms with E-state index in [4.69, 9.17) is 4.74 Å². The van der Waals surface area contributed by atoms with Gasteiger partial charge < -0.3 is 9.64 Å². The first-order chi connectivity index (χ1) is 8.20. The van der Waals surface area contributed by atoms with Crippen LogP contribution in [0.25, 0.3) is 0 Å². The Morgan fingerprint density at radius 2 is 2.06 bits per heavy atom. The fraction of sp³-hybridized carbons (Fsp3) is 0.154. The lowest BCUT2D eigenvalue weighted by molar-refractivity contribution is 0.414. The molecule has 4 heteroatoms. The van der Waals surface area contributed by atoms with Crippen LogP contribution < -0.4 is 9.64 Å². The molecule has 0 unspecified atom stereocenters. The molecule has 2 rings (SSSR count). The molecule has 0 N–H and O–H groups in total. The minimum absolute atomic E-state index is 0.817. The van der Waals surface area contributed by atoms with Gasteiger partial charge in [-0.3, -0.25) is 0 Å². The molecule has 0 spiro atoms. The van der Waals surface area contributed by atoms with E-state index in [0.29, 0.717) is 0 Å². The summed E-state index contributed by atoms with van der Waals surface area (Å²) in [4.78, 5) is 6.32. The lowest BCUT2D eigenvalue weighted by Gasteiger charge is -2.19. The molecule has 0 aliphatic heterocycles. The largest absolute Gasteiger partial charge is 0.497 e. The predicted molar refractivity (Wildman–Crippen MR) is 73.0 cm³/mol. The van der Waals surface area contributed by atoms with E-state index in [0.717, 1.165) is 21.7 Å². The van der Waals surface area contributed by atoms with Gasteiger partial charge in [-0.15, -0.1) is 0 Å². The van der Waals surface area contributed by atoms with Crippen LogP contribution in [-0.4, -0.2) is 19.1 Å². The van der Waals surface area contributed by atoms with Crippen LogP contribution in [-0.2, 0) is 0 Å². The molecule has 1 aromatic heterocycles. The van der Waals surface area contributed by atoms with Crippen molar-refractivity contribution in [1.82, 2.24) is 4.98 Å². The van der Waals surface area contributed by atoms with Crippen LogP contribution in [0.5, 0.6) is 5.75 Å². The van der Waals surface area contributed by atoms with E-state index in [2.05, 4.69) is 20.9 Å². The second-order valence-electron chi connectivity index (χ2n) is 3.60. The van der Waals surface area contributed by atoms with Crippen molar-refractivity contribution < 1.29 is 4.74 Å². The maximum Gasteiger partial charge on any atom is 0.132 e. The highest BCUT2D eigenvalue weighted by molar-refractivity contribution is 9.10. The van der Waals surface area contributed by atoms with Crippen molar-refractivity contribution in [2.24, 2.45) is 0 Å². The van der Waals surface area contributed by atoms with Crippen molar-refractivity contribution in [2.75, 3.05) is 19.1 Å². The number of hydrogen-bond acceptors (Lipinski definition) is 3. The standard InChI is InChI=1S/C13H13BrN2O/c1-16(13-5-3-4-6-15-13)11-7-10(14)8-12(9-11)17-2/h3-9H,1-2H3. The molecule has 88 valence electrons. The van der Waals surface area contributed by atoms with Crippen LogP contribution in [0.3, 0.4) is 0 Å². The zero-order valence-corrected chi connectivity index (χ0v) is 11.3. The van der Waals surface area contributed by atoms with Gasteiger partial charge in [0.1, 0.15) is 11.6 Å². The Kier molecular flexibility index (Phi) is 3.64. The van der Waals surface area contributed by atoms with Gasteiger partial charge in [0.15, 0.2) is 0 Å². The molecule has 0 saturated carbocycles. The predicted octanol–water partition coefficient (Wildman–Crippen LogP) is 3.62. The van der Waals surface area contributed by atoms with Gasteiger partial charge in [-0.2, -0.15) is 0 Å². The van der Waals surface area contributed by atoms with E-state index >= 15 is 0 Å². The summed E-state index contributed by atoms with van der Waals surface area (Å²) >= 11 is 3.47. The molecular formula is C13H13BrN2O. The number of nitrogens with zero attached hydrogens (tertiary/aromatic N) is 2. The van der Waals surface area contributed by atoms with Gasteiger partial charge in [-0.25, -0.2) is 4.98 Å². The Labute approximate surface area is 109 Å². The zero-order chi connectivity index (χ0) is 12.3. The number of rotatable bonds is 3. The molecule has 1 heterocycles. The van der Waals surface area contributed by atoms with Crippen molar-refractivity contribution in [3.8, 4) is 5.75 Å². The third-order valence-electron chi connectivity index (χ3n) is 2.47. The summed E-state index contributed by atoms with van der Waals surface area (Å²) in [5.41, 5.74) is 1.02. The number of aromatic nitrogens is 1. The lowest BCUT2D eigenvalue weighted by atomic mass is 10.2. The highest BCUT2D eigenvalue weighted by atomic mass is 79.9. The molecule has 3 nitrogen and oxygen atoms in total. The van der Waals surface area contributed by atoms with Gasteiger partial charge in [0.25, 0.3) is 0 Å². The van der Waals surface area contributed by atoms with E-state index in [9.17, 15) is 0 Å². The fourth-order valence-corrected chi connectivity index (χ4v) is 2.00. The number of benzene rings is 1. The average molecular weight is 293 g/mol. The van der Waals surface area contributed by atoms with E-state index in [1.807, 2.05) is 48.3 Å². The summed E-state index contributed by atoms with van der Waals surface area (Å²) in [7, 11) is 3.63. The first-order valence-corrected chi connectivity index (χ1v) is 5.99. The summed E-state index contributed by atoms with van der Waals surface area (Å²) in [6.45, 7) is 0. The van der Waals surface area contributed by atoms with E-state index in [-0.39, 0.29) is 0 Å². The van der Waals surface area contributed by atoms with Crippen LogP contribution in [0.15, 0.2) is 47.1 Å². The summed E-state index contributed by atoms with van der Waals surface area (Å²) in [5.74, 6) is 1.71. The van der Waals surface area contributed by atoms with E-state index in [1.54, 1.807) is 13.3 Å². The fourth-order valence-electron chi connectivity index (χ4n) is 1.54. The van der Waals surface area contributed by atoms with Crippen LogP contribution in [0, 0.1) is 0 Å². The molecule has 0 saturated heterocycles. The highest BCUT2D eigenvalue weighted by Crippen LogP contribution is 2.29. The SMILES string of the molecule is COc1cc(Br)cc(N(C)c2ccccn2)c1. The Morgan fingerprint density at radius 3 is 2.71 bits per heavy atom. The van der Waals surface area contributed by atoms with Crippen molar-refractivity contribution in [3.05, 3.63) is 47.1 Å². The molecule has 17 heavy (non-hydrogen) atoms. The van der Waals surface area contributed by atoms with Gasteiger partial charge in [-0.1, -0.05) is 22.0 Å². The molecule has 0 radical (unpaired) electrons. The first-order valence-electron chi connectivity index (χ1n) is 5.20. The van der Waals surface area contributed by atoms with Crippen molar-refractivity contribution in [1.29, 1.82) is 0 Å². The van der Waals surface area contributed by atoms with Crippen LogP contribution in [0.4, 0.5) is 11.5 Å². The zero-order valence-electron chi connectivity index (χ0n) is 9.72. The second kappa shape index (κ2) is 5.19. The number of hydrogen-bond donors (Lipinski definition) is 0. The van der Waals surface area contributed by atoms with E-state index < -0.39 is 0 Å². The molecule has 0 aliphatic carbocycles. The topological polar surface area (TPSA) is 25.4 Å². The summed E-state index contributed by atoms with van der Waals surface area (Å²) < 4.78 is 6.23. The van der Waals surface area contributed by atoms with Crippen molar-refractivity contribution >= 4 is 27.4 Å². The van der Waals surface area contributed by atoms with Crippen LogP contribution >= 0.6 is 15.9 Å². The maximum atomic E-state index is 5.24. The highest BCUT2D eigenvalue weighted by Gasteiger charge is 2.07. The van der Waals surface area contributed by atoms with Gasteiger partial charge in [0.2, 0.25) is 0 Å². The number of anilines is 2. The Hall–Kier alpha value is -1.55. The molecule has 0 atom stereocenters. The molecule has 0 aliphatic rings. The molecule has 0 fully saturated rings. The quantitative estimate of drug-likeness (QED) is 0.864. The Balaban J connectivity index is 2.37. The number of halogens is 1. The normalized spacial score (nSPS) is 10.1. The van der Waals surface area contributed by atoms with Crippen LogP contribution in [0.1, 0.15) is 0 Å². The summed E-state index contributed by atoms with van der Waals surface area (Å²) in [6, 6.07) is 11.8. The van der Waals surface area contributed by atoms with Crippen molar-refractivity contribution in [3.63, 3.8) is 0 Å². The van der Waals surface area contributed by atoms with E-state index in [1.165, 1.54) is 0 Å². The lowest BCUT2D eigenvalue weighted by Crippen LogP contribution is -2.10. The summed E-state index contributed by atoms with van der Waals surface area (Å²) in [5, 5.41) is 0. The molecule has 2 aromatic rings. The minimum atomic E-state index is 0.817.